The van der Waals surface area contributed by atoms with Crippen LogP contribution < -0.4 is 5.73 Å². The van der Waals surface area contributed by atoms with Crippen LogP contribution in [0.1, 0.15) is 32.6 Å². The van der Waals surface area contributed by atoms with Gasteiger partial charge in [-0.2, -0.15) is 0 Å². The highest BCUT2D eigenvalue weighted by Gasteiger charge is 2.39. The monoisotopic (exact) mass is 226 g/mol. The third-order valence-corrected chi connectivity index (χ3v) is 3.86. The number of nitrogens with zero attached hydrogens (tertiary/aromatic N) is 1. The van der Waals surface area contributed by atoms with Crippen LogP contribution in [-0.4, -0.2) is 28.4 Å². The third-order valence-electron chi connectivity index (χ3n) is 3.58. The molecule has 84 valence electrons. The van der Waals surface area contributed by atoms with Gasteiger partial charge in [0.1, 0.15) is 0 Å². The summed E-state index contributed by atoms with van der Waals surface area (Å²) >= 11 is 5.00. The van der Waals surface area contributed by atoms with Gasteiger partial charge in [0.25, 0.3) is 0 Å². The molecule has 0 bridgehead atoms. The Morgan fingerprint density at radius 3 is 2.67 bits per heavy atom. The largest absolute Gasteiger partial charge is 0.392 e. The van der Waals surface area contributed by atoms with Gasteiger partial charge in [0.15, 0.2) is 0 Å². The number of amides is 1. The molecule has 1 saturated heterocycles. The summed E-state index contributed by atoms with van der Waals surface area (Å²) in [6.07, 6.45) is 4.39. The first kappa shape index (κ1) is 10.9. The van der Waals surface area contributed by atoms with Crippen LogP contribution in [0.3, 0.4) is 0 Å². The highest BCUT2D eigenvalue weighted by molar-refractivity contribution is 7.80. The number of nitrogens with two attached hydrogens (primary N) is 1. The van der Waals surface area contributed by atoms with E-state index in [1.54, 1.807) is 0 Å². The lowest BCUT2D eigenvalue weighted by Crippen LogP contribution is -2.45. The fourth-order valence-electron chi connectivity index (χ4n) is 2.39. The minimum Gasteiger partial charge on any atom is -0.392 e. The van der Waals surface area contributed by atoms with E-state index in [1.165, 1.54) is 12.8 Å². The first-order valence-corrected chi connectivity index (χ1v) is 6.12. The van der Waals surface area contributed by atoms with Gasteiger partial charge in [-0.25, -0.2) is 0 Å². The predicted molar refractivity (Wildman–Crippen MR) is 63.4 cm³/mol. The molecule has 2 unspecified atom stereocenters. The van der Waals surface area contributed by atoms with Crippen LogP contribution >= 0.6 is 12.2 Å². The highest BCUT2D eigenvalue weighted by atomic mass is 32.1. The van der Waals surface area contributed by atoms with Gasteiger partial charge >= 0.3 is 0 Å². The summed E-state index contributed by atoms with van der Waals surface area (Å²) < 4.78 is 0. The third kappa shape index (κ3) is 2.14. The zero-order valence-corrected chi connectivity index (χ0v) is 9.93. The predicted octanol–water partition coefficient (Wildman–Crippen LogP) is 1.31. The summed E-state index contributed by atoms with van der Waals surface area (Å²) in [4.78, 5) is 14.5. The van der Waals surface area contributed by atoms with Gasteiger partial charge in [-0.1, -0.05) is 19.1 Å². The number of thiocarbonyl (C=S) groups is 1. The van der Waals surface area contributed by atoms with Gasteiger partial charge in [0.05, 0.1) is 11.0 Å². The Hall–Kier alpha value is -0.640. The lowest BCUT2D eigenvalue weighted by Gasteiger charge is -2.26. The van der Waals surface area contributed by atoms with E-state index in [4.69, 9.17) is 18.0 Å². The average molecular weight is 226 g/mol. The average Bonchev–Trinajstić information content (AvgIpc) is 2.92. The van der Waals surface area contributed by atoms with Crippen molar-refractivity contribution in [3.8, 4) is 0 Å². The maximum Gasteiger partial charge on any atom is 0.226 e. The molecule has 0 radical (unpaired) electrons. The Morgan fingerprint density at radius 1 is 1.47 bits per heavy atom. The molecular weight excluding hydrogens is 208 g/mol. The topological polar surface area (TPSA) is 46.3 Å². The molecule has 2 rings (SSSR count). The Bertz CT molecular complexity index is 288. The fraction of sp³-hybridized carbons (Fsp3) is 0.818. The van der Waals surface area contributed by atoms with Crippen LogP contribution in [-0.2, 0) is 4.79 Å². The van der Waals surface area contributed by atoms with E-state index in [1.807, 2.05) is 11.8 Å². The van der Waals surface area contributed by atoms with Crippen molar-refractivity contribution in [2.75, 3.05) is 6.54 Å². The van der Waals surface area contributed by atoms with Crippen LogP contribution in [0.2, 0.25) is 0 Å². The van der Waals surface area contributed by atoms with Gasteiger partial charge in [-0.05, 0) is 31.6 Å². The van der Waals surface area contributed by atoms with Gasteiger partial charge in [-0.3, -0.25) is 4.79 Å². The standard InChI is InChI=1S/C11H18N2OS/c1-7(8-4-5-8)11(14)13-6-2-3-9(13)10(12)15/h7-9H,2-6H2,1H3,(H2,12,15). The van der Waals surface area contributed by atoms with Crippen molar-refractivity contribution in [1.29, 1.82) is 0 Å². The molecule has 1 amide bonds. The lowest BCUT2D eigenvalue weighted by molar-refractivity contribution is -0.135. The second kappa shape index (κ2) is 4.08. The van der Waals surface area contributed by atoms with Crippen molar-refractivity contribution >= 4 is 23.1 Å². The number of hydrogen-bond acceptors (Lipinski definition) is 2. The normalized spacial score (nSPS) is 27.8. The van der Waals surface area contributed by atoms with Crippen molar-refractivity contribution in [3.05, 3.63) is 0 Å². The molecule has 0 spiro atoms. The molecule has 3 nitrogen and oxygen atoms in total. The highest BCUT2D eigenvalue weighted by Crippen LogP contribution is 2.38. The number of rotatable bonds is 3. The number of hydrogen-bond donors (Lipinski definition) is 1. The summed E-state index contributed by atoms with van der Waals surface area (Å²) in [5.41, 5.74) is 5.66. The molecule has 15 heavy (non-hydrogen) atoms. The van der Waals surface area contributed by atoms with Gasteiger partial charge in [-0.15, -0.1) is 0 Å². The molecule has 0 aromatic heterocycles. The molecular formula is C11H18N2OS. The summed E-state index contributed by atoms with van der Waals surface area (Å²) in [5.74, 6) is 1.04. The fourth-order valence-corrected chi connectivity index (χ4v) is 2.63. The molecule has 2 atom stereocenters. The first-order valence-electron chi connectivity index (χ1n) is 5.71. The lowest BCUT2D eigenvalue weighted by atomic mass is 10.0. The van der Waals surface area contributed by atoms with Crippen molar-refractivity contribution < 1.29 is 4.79 Å². The number of likely N-dealkylation sites (tertiary alicyclic amines) is 1. The van der Waals surface area contributed by atoms with E-state index in [2.05, 4.69) is 0 Å². The molecule has 1 heterocycles. The van der Waals surface area contributed by atoms with Crippen molar-refractivity contribution in [3.63, 3.8) is 0 Å². The van der Waals surface area contributed by atoms with Crippen LogP contribution in [0, 0.1) is 11.8 Å². The van der Waals surface area contributed by atoms with Crippen molar-refractivity contribution in [2.45, 2.75) is 38.6 Å². The Balaban J connectivity index is 2.01. The zero-order chi connectivity index (χ0) is 11.0. The van der Waals surface area contributed by atoms with Crippen LogP contribution in [0.5, 0.6) is 0 Å². The zero-order valence-electron chi connectivity index (χ0n) is 9.11. The molecule has 2 fully saturated rings. The molecule has 0 aromatic rings. The number of carbonyl (C=O) groups is 1. The van der Waals surface area contributed by atoms with Crippen LogP contribution in [0.15, 0.2) is 0 Å². The molecule has 1 aliphatic heterocycles. The summed E-state index contributed by atoms with van der Waals surface area (Å²) in [6.45, 7) is 2.87. The van der Waals surface area contributed by atoms with E-state index in [0.29, 0.717) is 10.9 Å². The second-order valence-electron chi connectivity index (χ2n) is 4.72. The Morgan fingerprint density at radius 2 is 2.13 bits per heavy atom. The summed E-state index contributed by atoms with van der Waals surface area (Å²) in [5, 5.41) is 0. The molecule has 1 saturated carbocycles. The van der Waals surface area contributed by atoms with E-state index in [9.17, 15) is 4.79 Å². The van der Waals surface area contributed by atoms with Gasteiger partial charge in [0.2, 0.25) is 5.91 Å². The van der Waals surface area contributed by atoms with Crippen molar-refractivity contribution in [2.24, 2.45) is 17.6 Å². The van der Waals surface area contributed by atoms with Crippen LogP contribution in [0.25, 0.3) is 0 Å². The first-order chi connectivity index (χ1) is 7.11. The maximum absolute atomic E-state index is 12.2. The summed E-state index contributed by atoms with van der Waals surface area (Å²) in [6, 6.07) is 0.0219. The van der Waals surface area contributed by atoms with E-state index >= 15 is 0 Å². The molecule has 4 heteroatoms. The van der Waals surface area contributed by atoms with E-state index in [-0.39, 0.29) is 17.9 Å². The molecule has 2 aliphatic rings. The Labute approximate surface area is 96.0 Å². The van der Waals surface area contributed by atoms with E-state index in [0.717, 1.165) is 19.4 Å². The SMILES string of the molecule is CC(C(=O)N1CCCC1C(N)=S)C1CC1. The smallest absolute Gasteiger partial charge is 0.226 e. The summed E-state index contributed by atoms with van der Waals surface area (Å²) in [7, 11) is 0. The minimum absolute atomic E-state index is 0.0219. The van der Waals surface area contributed by atoms with E-state index < -0.39 is 0 Å². The minimum atomic E-state index is 0.0219. The van der Waals surface area contributed by atoms with Crippen molar-refractivity contribution in [1.82, 2.24) is 4.90 Å². The quantitative estimate of drug-likeness (QED) is 0.738. The van der Waals surface area contributed by atoms with Crippen LogP contribution in [0.4, 0.5) is 0 Å². The van der Waals surface area contributed by atoms with Gasteiger partial charge < -0.3 is 10.6 Å². The maximum atomic E-state index is 12.2. The molecule has 1 aliphatic carbocycles. The number of carbonyl (C=O) groups excluding carboxylic acids is 1. The molecule has 0 aromatic carbocycles. The second-order valence-corrected chi connectivity index (χ2v) is 5.19. The Kier molecular flexibility index (Phi) is 2.96. The molecule has 2 N–H and O–H groups in total. The van der Waals surface area contributed by atoms with Gasteiger partial charge in [0, 0.05) is 12.5 Å².